The molecule has 0 saturated heterocycles. The molecule has 2 N–H and O–H groups in total. The minimum absolute atomic E-state index is 0.861. The van der Waals surface area contributed by atoms with E-state index in [1.54, 1.807) is 5.57 Å². The van der Waals surface area contributed by atoms with Crippen molar-refractivity contribution in [3.8, 4) is 0 Å². The Bertz CT molecular complexity index is 735. The highest BCUT2D eigenvalue weighted by Crippen LogP contribution is 2.40. The van der Waals surface area contributed by atoms with E-state index in [1.165, 1.54) is 46.7 Å². The number of hydrogen-bond donors (Lipinski definition) is 1. The topological polar surface area (TPSA) is 26.0 Å². The number of rotatable bonds is 0. The van der Waals surface area contributed by atoms with E-state index in [1.807, 2.05) is 6.07 Å². The van der Waals surface area contributed by atoms with Gasteiger partial charge in [-0.3, -0.25) is 0 Å². The summed E-state index contributed by atoms with van der Waals surface area (Å²) < 4.78 is 0. The van der Waals surface area contributed by atoms with Crippen molar-refractivity contribution in [2.75, 3.05) is 5.73 Å². The summed E-state index contributed by atoms with van der Waals surface area (Å²) in [6.45, 7) is 0. The third-order valence-corrected chi connectivity index (χ3v) is 4.40. The van der Waals surface area contributed by atoms with Gasteiger partial charge < -0.3 is 5.73 Å². The van der Waals surface area contributed by atoms with Crippen LogP contribution in [0.5, 0.6) is 0 Å². The molecule has 1 heteroatoms. The molecule has 2 aromatic rings. The fourth-order valence-electron chi connectivity index (χ4n) is 3.45. The van der Waals surface area contributed by atoms with E-state index >= 15 is 0 Å². The average molecular weight is 247 g/mol. The maximum absolute atomic E-state index is 5.96. The van der Waals surface area contributed by atoms with E-state index in [-0.39, 0.29) is 0 Å². The number of fused-ring (bicyclic) bond motifs is 4. The van der Waals surface area contributed by atoms with E-state index < -0.39 is 0 Å². The van der Waals surface area contributed by atoms with Crippen molar-refractivity contribution in [1.82, 2.24) is 0 Å². The van der Waals surface area contributed by atoms with Gasteiger partial charge in [0.2, 0.25) is 0 Å². The Balaban J connectivity index is 2.02. The highest BCUT2D eigenvalue weighted by molar-refractivity contribution is 5.95. The van der Waals surface area contributed by atoms with E-state index in [0.717, 1.165) is 12.1 Å². The van der Waals surface area contributed by atoms with Gasteiger partial charge in [-0.15, -0.1) is 0 Å². The zero-order valence-electron chi connectivity index (χ0n) is 10.9. The molecule has 0 spiro atoms. The summed E-state index contributed by atoms with van der Waals surface area (Å²) in [7, 11) is 0. The van der Waals surface area contributed by atoms with Gasteiger partial charge in [0.1, 0.15) is 0 Å². The van der Waals surface area contributed by atoms with Crippen LogP contribution in [0.4, 0.5) is 5.69 Å². The van der Waals surface area contributed by atoms with Gasteiger partial charge in [0, 0.05) is 5.69 Å². The first-order valence-electron chi connectivity index (χ1n) is 7.03. The maximum Gasteiger partial charge on any atom is 0.0320 e. The second-order valence-corrected chi connectivity index (χ2v) is 5.53. The molecule has 0 aromatic heterocycles. The normalized spacial score (nSPS) is 17.5. The van der Waals surface area contributed by atoms with Gasteiger partial charge >= 0.3 is 0 Å². The van der Waals surface area contributed by atoms with Crippen LogP contribution in [0.2, 0.25) is 0 Å². The van der Waals surface area contributed by atoms with Gasteiger partial charge in [-0.05, 0) is 65.3 Å². The van der Waals surface area contributed by atoms with Crippen molar-refractivity contribution in [3.05, 3.63) is 59.2 Å². The summed E-state index contributed by atoms with van der Waals surface area (Å²) in [5.41, 5.74) is 12.8. The van der Waals surface area contributed by atoms with Crippen molar-refractivity contribution in [2.24, 2.45) is 0 Å². The van der Waals surface area contributed by atoms with Crippen LogP contribution in [0.25, 0.3) is 16.3 Å². The Morgan fingerprint density at radius 1 is 0.947 bits per heavy atom. The molecule has 2 aliphatic carbocycles. The van der Waals surface area contributed by atoms with Crippen molar-refractivity contribution >= 4 is 22.0 Å². The molecule has 1 nitrogen and oxygen atoms in total. The summed E-state index contributed by atoms with van der Waals surface area (Å²) in [5, 5.41) is 2.64. The van der Waals surface area contributed by atoms with Crippen LogP contribution >= 0.6 is 0 Å². The van der Waals surface area contributed by atoms with Gasteiger partial charge in [0.05, 0.1) is 0 Å². The van der Waals surface area contributed by atoms with Crippen LogP contribution in [0.3, 0.4) is 0 Å². The zero-order valence-corrected chi connectivity index (χ0v) is 10.9. The summed E-state index contributed by atoms with van der Waals surface area (Å²) in [6, 6.07) is 10.8. The summed E-state index contributed by atoms with van der Waals surface area (Å²) in [5.74, 6) is 0. The molecular formula is C18H17N. The van der Waals surface area contributed by atoms with Gasteiger partial charge in [-0.2, -0.15) is 0 Å². The maximum atomic E-state index is 5.96. The molecule has 19 heavy (non-hydrogen) atoms. The highest BCUT2D eigenvalue weighted by atomic mass is 14.5. The Morgan fingerprint density at radius 3 is 2.79 bits per heavy atom. The Hall–Kier alpha value is -2.02. The van der Waals surface area contributed by atoms with Gasteiger partial charge in [0.15, 0.2) is 0 Å². The first-order chi connectivity index (χ1) is 9.33. The molecule has 0 amide bonds. The molecule has 0 heterocycles. The zero-order chi connectivity index (χ0) is 12.8. The smallest absolute Gasteiger partial charge is 0.0320 e. The molecule has 0 atom stereocenters. The van der Waals surface area contributed by atoms with Crippen LogP contribution in [-0.2, 0) is 6.42 Å². The molecule has 0 saturated carbocycles. The second kappa shape index (κ2) is 3.99. The Labute approximate surface area is 113 Å². The van der Waals surface area contributed by atoms with Gasteiger partial charge in [-0.25, -0.2) is 0 Å². The summed E-state index contributed by atoms with van der Waals surface area (Å²) in [4.78, 5) is 0. The molecule has 0 unspecified atom stereocenters. The largest absolute Gasteiger partial charge is 0.399 e. The fourth-order valence-corrected chi connectivity index (χ4v) is 3.45. The van der Waals surface area contributed by atoms with Crippen molar-refractivity contribution in [2.45, 2.75) is 25.7 Å². The van der Waals surface area contributed by atoms with Crippen LogP contribution in [0.1, 0.15) is 30.4 Å². The summed E-state index contributed by atoms with van der Waals surface area (Å²) >= 11 is 0. The van der Waals surface area contributed by atoms with Crippen LogP contribution in [-0.4, -0.2) is 0 Å². The predicted octanol–water partition coefficient (Wildman–Crippen LogP) is 4.47. The molecule has 0 aliphatic heterocycles. The van der Waals surface area contributed by atoms with Crippen molar-refractivity contribution in [3.63, 3.8) is 0 Å². The number of benzene rings is 2. The first-order valence-corrected chi connectivity index (χ1v) is 7.03. The molecule has 0 fully saturated rings. The number of nitrogen functional groups attached to an aromatic ring is 1. The van der Waals surface area contributed by atoms with E-state index in [4.69, 9.17) is 5.73 Å². The van der Waals surface area contributed by atoms with E-state index in [2.05, 4.69) is 36.4 Å². The Kier molecular flexibility index (Phi) is 2.28. The average Bonchev–Trinajstić information content (AvgIpc) is 2.46. The number of allylic oxidation sites excluding steroid dienone is 4. The van der Waals surface area contributed by atoms with Crippen LogP contribution < -0.4 is 5.73 Å². The molecule has 0 bridgehead atoms. The number of hydrogen-bond acceptors (Lipinski definition) is 1. The lowest BCUT2D eigenvalue weighted by Crippen LogP contribution is -2.07. The van der Waals surface area contributed by atoms with Gasteiger partial charge in [0.25, 0.3) is 0 Å². The third kappa shape index (κ3) is 1.61. The van der Waals surface area contributed by atoms with Crippen LogP contribution in [0.15, 0.2) is 48.1 Å². The van der Waals surface area contributed by atoms with Crippen LogP contribution in [0, 0.1) is 0 Å². The lowest BCUT2D eigenvalue weighted by molar-refractivity contribution is 0.831. The molecule has 94 valence electrons. The van der Waals surface area contributed by atoms with E-state index in [9.17, 15) is 0 Å². The minimum Gasteiger partial charge on any atom is -0.399 e. The Morgan fingerprint density at radius 2 is 1.84 bits per heavy atom. The lowest BCUT2D eigenvalue weighted by atomic mass is 9.79. The minimum atomic E-state index is 0.861. The number of aryl methyl sites for hydroxylation is 1. The lowest BCUT2D eigenvalue weighted by Gasteiger charge is -2.25. The number of nitrogens with two attached hydrogens (primary N) is 1. The molecular weight excluding hydrogens is 230 g/mol. The fraction of sp³-hybridized carbons (Fsp3) is 0.222. The molecule has 4 rings (SSSR count). The standard InChI is InChI=1S/C18H17N/c19-14-8-5-13-7-9-16-15-4-2-1-3-12(15)6-10-17(16)18(13)11-14/h2,4-5,7-9,11H,1,3,6,10,19H2. The summed E-state index contributed by atoms with van der Waals surface area (Å²) in [6.07, 6.45) is 9.42. The molecule has 0 radical (unpaired) electrons. The van der Waals surface area contributed by atoms with Gasteiger partial charge in [-0.1, -0.05) is 35.9 Å². The monoisotopic (exact) mass is 247 g/mol. The quantitative estimate of drug-likeness (QED) is 0.683. The third-order valence-electron chi connectivity index (χ3n) is 4.40. The van der Waals surface area contributed by atoms with Crippen molar-refractivity contribution < 1.29 is 0 Å². The number of anilines is 1. The highest BCUT2D eigenvalue weighted by Gasteiger charge is 2.20. The predicted molar refractivity (Wildman–Crippen MR) is 82.0 cm³/mol. The second-order valence-electron chi connectivity index (χ2n) is 5.53. The SMILES string of the molecule is Nc1ccc2ccc3c(c2c1)CCC1=C3C=CCC1. The first kappa shape index (κ1) is 10.9. The molecule has 2 aromatic carbocycles. The van der Waals surface area contributed by atoms with E-state index in [0.29, 0.717) is 0 Å². The molecule has 2 aliphatic rings. The van der Waals surface area contributed by atoms with Crippen molar-refractivity contribution in [1.29, 1.82) is 0 Å².